The first-order valence-corrected chi connectivity index (χ1v) is 11.9. The molecule has 1 fully saturated rings. The number of nitrogens with zero attached hydrogens (tertiary/aromatic N) is 4. The van der Waals surface area contributed by atoms with E-state index in [0.717, 1.165) is 64.9 Å². The predicted molar refractivity (Wildman–Crippen MR) is 124 cm³/mol. The summed E-state index contributed by atoms with van der Waals surface area (Å²) >= 11 is 3.58. The lowest BCUT2D eigenvalue weighted by atomic mass is 9.78. The Hall–Kier alpha value is -2.80. The van der Waals surface area contributed by atoms with Crippen molar-refractivity contribution in [2.75, 3.05) is 13.1 Å². The van der Waals surface area contributed by atoms with E-state index in [1.165, 1.54) is 23.5 Å². The number of aromatic nitrogens is 3. The Morgan fingerprint density at radius 3 is 2.59 bits per heavy atom. The van der Waals surface area contributed by atoms with Gasteiger partial charge >= 0.3 is 0 Å². The maximum atomic E-state index is 12.8. The minimum Gasteiger partial charge on any atom is -0.619 e. The number of hydrogen-bond acceptors (Lipinski definition) is 4. The van der Waals surface area contributed by atoms with Gasteiger partial charge in [-0.1, -0.05) is 6.07 Å². The molecule has 1 unspecified atom stereocenters. The largest absolute Gasteiger partial charge is 0.619 e. The topological polar surface area (TPSA) is 73.0 Å². The molecule has 2 aliphatic rings. The summed E-state index contributed by atoms with van der Waals surface area (Å²) in [4.78, 5) is 24.5. The molecule has 164 valence electrons. The van der Waals surface area contributed by atoms with E-state index in [1.54, 1.807) is 12.1 Å². The number of hydrogen-bond donors (Lipinski definition) is 0. The molecule has 1 aliphatic heterocycles. The van der Waals surface area contributed by atoms with Gasteiger partial charge in [0.1, 0.15) is 0 Å². The van der Waals surface area contributed by atoms with Gasteiger partial charge in [-0.3, -0.25) is 14.8 Å². The quantitative estimate of drug-likeness (QED) is 0.413. The molecule has 0 radical (unpaired) electrons. The lowest BCUT2D eigenvalue weighted by molar-refractivity contribution is -0.605. The second-order valence-electron chi connectivity index (χ2n) is 8.68. The molecule has 7 heteroatoms. The lowest BCUT2D eigenvalue weighted by Gasteiger charge is -2.36. The maximum Gasteiger partial charge on any atom is 0.226 e. The molecule has 1 amide bonds. The van der Waals surface area contributed by atoms with E-state index in [0.29, 0.717) is 12.3 Å². The van der Waals surface area contributed by atoms with Crippen molar-refractivity contribution in [3.05, 3.63) is 92.9 Å². The molecule has 0 spiro atoms. The first-order valence-electron chi connectivity index (χ1n) is 11.1. The van der Waals surface area contributed by atoms with E-state index in [1.807, 2.05) is 23.4 Å². The number of likely N-dealkylation sites (tertiary alicyclic amines) is 1. The summed E-state index contributed by atoms with van der Waals surface area (Å²) in [6.45, 7) is 1.48. The summed E-state index contributed by atoms with van der Waals surface area (Å²) in [7, 11) is 0. The zero-order valence-electron chi connectivity index (χ0n) is 17.8. The molecule has 0 saturated carbocycles. The van der Waals surface area contributed by atoms with Crippen LogP contribution in [0.3, 0.4) is 0 Å². The van der Waals surface area contributed by atoms with E-state index in [4.69, 9.17) is 9.97 Å². The van der Waals surface area contributed by atoms with Gasteiger partial charge in [0, 0.05) is 48.0 Å². The molecule has 1 saturated heterocycles. The number of rotatable bonds is 3. The predicted octanol–water partition coefficient (Wildman–Crippen LogP) is 3.58. The molecule has 0 aromatic carbocycles. The van der Waals surface area contributed by atoms with Crippen LogP contribution in [0.4, 0.5) is 0 Å². The van der Waals surface area contributed by atoms with Gasteiger partial charge in [-0.25, -0.2) is 0 Å². The number of carbonyl (C=O) groups excluding carboxylic acids is 1. The van der Waals surface area contributed by atoms with E-state index in [2.05, 4.69) is 28.1 Å². The highest BCUT2D eigenvalue weighted by Crippen LogP contribution is 2.41. The SMILES string of the molecule is O=C(Cc1cc[n+]([O-])cc1)N1CCC(C2c3ncccc3CCc3cc(Br)cnc32)CC1. The van der Waals surface area contributed by atoms with Crippen LogP contribution in [0.15, 0.2) is 59.6 Å². The molecule has 0 N–H and O–H groups in total. The number of piperidine rings is 1. The smallest absolute Gasteiger partial charge is 0.226 e. The monoisotopic (exact) mass is 492 g/mol. The Morgan fingerprint density at radius 1 is 1.09 bits per heavy atom. The Balaban J connectivity index is 1.35. The highest BCUT2D eigenvalue weighted by Gasteiger charge is 2.35. The second kappa shape index (κ2) is 8.98. The minimum absolute atomic E-state index is 0.119. The Morgan fingerprint density at radius 2 is 1.81 bits per heavy atom. The molecule has 6 nitrogen and oxygen atoms in total. The molecule has 1 aliphatic carbocycles. The van der Waals surface area contributed by atoms with Crippen LogP contribution < -0.4 is 4.73 Å². The van der Waals surface area contributed by atoms with Gasteiger partial charge in [-0.15, -0.1) is 0 Å². The van der Waals surface area contributed by atoms with Crippen LogP contribution in [0.1, 0.15) is 46.8 Å². The van der Waals surface area contributed by atoms with Crippen molar-refractivity contribution in [1.82, 2.24) is 14.9 Å². The van der Waals surface area contributed by atoms with E-state index >= 15 is 0 Å². The van der Waals surface area contributed by atoms with Crippen molar-refractivity contribution in [2.45, 2.75) is 38.0 Å². The first-order chi connectivity index (χ1) is 15.6. The fourth-order valence-electron chi connectivity index (χ4n) is 5.09. The number of halogens is 1. The average Bonchev–Trinajstić information content (AvgIpc) is 2.97. The highest BCUT2D eigenvalue weighted by atomic mass is 79.9. The van der Waals surface area contributed by atoms with Gasteiger partial charge in [-0.05, 0) is 76.4 Å². The first kappa shape index (κ1) is 21.1. The standard InChI is InChI=1S/C25H25BrN4O2/c26-21-15-20-4-3-19-2-1-9-27-24(19)23(25(20)28-16-21)18-7-10-29(11-8-18)22(31)14-17-5-12-30(32)13-6-17/h1-2,5-6,9,12-13,15-16,18,23H,3-4,7-8,10-11,14H2. The van der Waals surface area contributed by atoms with Crippen LogP contribution in [0.2, 0.25) is 0 Å². The Kier molecular flexibility index (Phi) is 5.91. The molecule has 4 heterocycles. The second-order valence-corrected chi connectivity index (χ2v) is 9.60. The van der Waals surface area contributed by atoms with E-state index in [9.17, 15) is 10.0 Å². The van der Waals surface area contributed by atoms with Crippen molar-refractivity contribution in [1.29, 1.82) is 0 Å². The fourth-order valence-corrected chi connectivity index (χ4v) is 5.47. The summed E-state index contributed by atoms with van der Waals surface area (Å²) in [5.41, 5.74) is 5.77. The number of pyridine rings is 3. The lowest BCUT2D eigenvalue weighted by Crippen LogP contribution is -2.41. The number of fused-ring (bicyclic) bond motifs is 2. The van der Waals surface area contributed by atoms with Crippen LogP contribution in [-0.2, 0) is 24.1 Å². The van der Waals surface area contributed by atoms with Crippen LogP contribution >= 0.6 is 15.9 Å². The molecule has 1 atom stereocenters. The fraction of sp³-hybridized carbons (Fsp3) is 0.360. The maximum absolute atomic E-state index is 12.8. The third-order valence-electron chi connectivity index (χ3n) is 6.74. The third kappa shape index (κ3) is 4.26. The zero-order valence-corrected chi connectivity index (χ0v) is 19.4. The van der Waals surface area contributed by atoms with Crippen LogP contribution in [-0.4, -0.2) is 33.9 Å². The number of carbonyl (C=O) groups is 1. The van der Waals surface area contributed by atoms with Gasteiger partial charge in [0.05, 0.1) is 17.8 Å². The Bertz CT molecular complexity index is 1130. The number of aryl methyl sites for hydroxylation is 2. The Labute approximate surface area is 196 Å². The average molecular weight is 493 g/mol. The van der Waals surface area contributed by atoms with Gasteiger partial charge in [0.25, 0.3) is 0 Å². The van der Waals surface area contributed by atoms with Crippen molar-refractivity contribution in [2.24, 2.45) is 5.92 Å². The third-order valence-corrected chi connectivity index (χ3v) is 7.17. The molecule has 0 bridgehead atoms. The molecular weight excluding hydrogens is 468 g/mol. The summed E-state index contributed by atoms with van der Waals surface area (Å²) in [6.07, 6.45) is 10.8. The van der Waals surface area contributed by atoms with Gasteiger partial charge in [-0.2, -0.15) is 4.73 Å². The van der Waals surface area contributed by atoms with Gasteiger partial charge in [0.2, 0.25) is 5.91 Å². The summed E-state index contributed by atoms with van der Waals surface area (Å²) < 4.78 is 1.75. The van der Waals surface area contributed by atoms with E-state index < -0.39 is 0 Å². The van der Waals surface area contributed by atoms with E-state index in [-0.39, 0.29) is 11.8 Å². The molecular formula is C25H25BrN4O2. The van der Waals surface area contributed by atoms with Gasteiger partial charge in [0.15, 0.2) is 12.4 Å². The summed E-state index contributed by atoms with van der Waals surface area (Å²) in [6, 6.07) is 9.85. The highest BCUT2D eigenvalue weighted by molar-refractivity contribution is 9.10. The minimum atomic E-state index is 0.119. The molecule has 3 aromatic rings. The van der Waals surface area contributed by atoms with Crippen molar-refractivity contribution < 1.29 is 9.52 Å². The molecule has 32 heavy (non-hydrogen) atoms. The zero-order chi connectivity index (χ0) is 22.1. The van der Waals surface area contributed by atoms with Crippen LogP contribution in [0.25, 0.3) is 0 Å². The number of amides is 1. The normalized spacial score (nSPS) is 18.5. The van der Waals surface area contributed by atoms with Crippen molar-refractivity contribution in [3.63, 3.8) is 0 Å². The van der Waals surface area contributed by atoms with Gasteiger partial charge < -0.3 is 10.1 Å². The van der Waals surface area contributed by atoms with Crippen LogP contribution in [0, 0.1) is 11.1 Å². The van der Waals surface area contributed by atoms with Crippen LogP contribution in [0.5, 0.6) is 0 Å². The summed E-state index contributed by atoms with van der Waals surface area (Å²) in [5.74, 6) is 0.680. The molecule has 3 aromatic heterocycles. The van der Waals surface area contributed by atoms with Crippen molar-refractivity contribution in [3.8, 4) is 0 Å². The van der Waals surface area contributed by atoms with Crippen molar-refractivity contribution >= 4 is 21.8 Å². The summed E-state index contributed by atoms with van der Waals surface area (Å²) in [5, 5.41) is 11.2. The molecule has 5 rings (SSSR count).